The van der Waals surface area contributed by atoms with E-state index in [-0.39, 0.29) is 69.0 Å². The predicted molar refractivity (Wildman–Crippen MR) is 353 cm³/mol. The Morgan fingerprint density at radius 1 is 0.865 bits per heavy atom. The predicted octanol–water partition coefficient (Wildman–Crippen LogP) is 14.2. The first-order chi connectivity index (χ1) is 42.7. The summed E-state index contributed by atoms with van der Waals surface area (Å²) >= 11 is 0. The number of fused-ring (bicyclic) bond motifs is 3. The van der Waals surface area contributed by atoms with Gasteiger partial charge < -0.3 is 38.8 Å². The quantitative estimate of drug-likeness (QED) is 0.0513. The fraction of sp³-hybridized carbons (Fsp3) is 0.597. The minimum Gasteiger partial charge on any atom is -0.508 e. The number of anilines is 2. The smallest absolute Gasteiger partial charge is 0.318 e. The lowest BCUT2D eigenvalue weighted by atomic mass is 9.87. The molecule has 4 fully saturated rings. The van der Waals surface area contributed by atoms with E-state index in [2.05, 4.69) is 76.6 Å². The summed E-state index contributed by atoms with van der Waals surface area (Å²) in [4.78, 5) is 67.1. The Balaban J connectivity index is 0.000000205. The van der Waals surface area contributed by atoms with Crippen molar-refractivity contribution in [1.29, 1.82) is 0 Å². The number of rotatable bonds is 22. The van der Waals surface area contributed by atoms with E-state index < -0.39 is 11.6 Å². The summed E-state index contributed by atoms with van der Waals surface area (Å²) in [5.41, 5.74) is 3.65. The maximum absolute atomic E-state index is 15.9. The van der Waals surface area contributed by atoms with Gasteiger partial charge in [-0.1, -0.05) is 91.8 Å². The molecule has 0 bridgehead atoms. The van der Waals surface area contributed by atoms with Crippen LogP contribution in [0.2, 0.25) is 0 Å². The number of phenolic OH excluding ortho intramolecular Hbond substituents is 1. The van der Waals surface area contributed by atoms with Gasteiger partial charge in [0.25, 0.3) is 0 Å². The molecule has 1 N–H and O–H groups in total. The van der Waals surface area contributed by atoms with Crippen LogP contribution in [-0.4, -0.2) is 139 Å². The molecule has 4 saturated heterocycles. The van der Waals surface area contributed by atoms with E-state index in [0.717, 1.165) is 30.0 Å². The van der Waals surface area contributed by atoms with E-state index in [1.165, 1.54) is 152 Å². The van der Waals surface area contributed by atoms with Gasteiger partial charge in [-0.25, -0.2) is 8.78 Å². The van der Waals surface area contributed by atoms with Gasteiger partial charge in [0.05, 0.1) is 31.3 Å². The zero-order chi connectivity index (χ0) is 64.9. The molecule has 0 radical (unpaired) electrons. The standard InChI is InChI=1S/C27H46N2O.C24H18F2N4O3.C11H20O2.C10H17NO2/c1-7-10-23(13-11-21(4)8-2)20-29-17-15-24(16-18-29)25-14-12-22(5)26(19-25)28(6)27(30)9-3;1-3-15-18(25)5-4-13-10-14(31)11-16(19(13)15)21-20(26)22-17(12-27-21)23(29-24(28-22)32-2)30-6-8-33-9-7-30;1-5-8(2)11(13)9(3)6-7-10(4)12;1-8(12)13-7-10-5-4-9-3-2-6-11(9)10/h12,14,19,21,23-24H,7-11,13,15-18,20H2,1-6H3;1,4-5,10-12,31H,6-9H2,2H3;8-9H,5-7H2,1-4H3;9-10H,2-7H2,1H3. The van der Waals surface area contributed by atoms with E-state index in [9.17, 15) is 28.7 Å². The molecule has 5 aromatic rings. The maximum atomic E-state index is 15.9. The molecule has 0 saturated carbocycles. The third kappa shape index (κ3) is 19.7. The average Bonchev–Trinajstić information content (AvgIpc) is 1.43. The molecular weight excluding hydrogens is 1130 g/mol. The van der Waals surface area contributed by atoms with E-state index in [4.69, 9.17) is 20.6 Å². The summed E-state index contributed by atoms with van der Waals surface area (Å²) in [7, 11) is 3.31. The number of aromatic hydroxyl groups is 1. The van der Waals surface area contributed by atoms with Crippen molar-refractivity contribution in [3.63, 3.8) is 0 Å². The molecular formula is C72H101F2N7O8. The highest BCUT2D eigenvalue weighted by atomic mass is 19.1. The molecule has 4 aliphatic heterocycles. The van der Waals surface area contributed by atoms with E-state index >= 15 is 4.39 Å². The number of amides is 1. The van der Waals surface area contributed by atoms with Gasteiger partial charge >= 0.3 is 12.0 Å². The Kier molecular flexibility index (Phi) is 28.2. The highest BCUT2D eigenvalue weighted by molar-refractivity contribution is 6.03. The first kappa shape index (κ1) is 71.5. The highest BCUT2D eigenvalue weighted by Gasteiger charge is 2.37. The summed E-state index contributed by atoms with van der Waals surface area (Å²) in [5, 5.41) is 11.4. The average molecular weight is 1230 g/mol. The van der Waals surface area contributed by atoms with Crippen LogP contribution in [0.15, 0.2) is 48.7 Å². The fourth-order valence-corrected chi connectivity index (χ4v) is 12.8. The van der Waals surface area contributed by atoms with E-state index in [1.54, 1.807) is 6.92 Å². The summed E-state index contributed by atoms with van der Waals surface area (Å²) in [6, 6.07) is 13.5. The monoisotopic (exact) mass is 1230 g/mol. The number of carbonyl (C=O) groups excluding carboxylic acids is 4. The SMILES string of the molecule is C#Cc1c(F)ccc2cc(O)cc(-c3ncc4c(N5CCOCC5)nc(OC)nc4c3F)c12.CC(=O)OCC1CCC2CCCN21.CCC(C)C(=O)C(C)CCC(C)=O.CCCC(CCC(C)CC)CN1CCC(c2ccc(C)c(N(C)C(=O)CC)c2)CC1. The fourth-order valence-electron chi connectivity index (χ4n) is 12.8. The number of methoxy groups -OCH3 is 1. The van der Waals surface area contributed by atoms with Gasteiger partial charge in [-0.3, -0.25) is 24.3 Å². The molecule has 4 aliphatic rings. The van der Waals surface area contributed by atoms with Crippen LogP contribution in [0, 0.1) is 54.6 Å². The number of hydrogen-bond donors (Lipinski definition) is 1. The Morgan fingerprint density at radius 3 is 2.24 bits per heavy atom. The third-order valence-electron chi connectivity index (χ3n) is 18.6. The van der Waals surface area contributed by atoms with Crippen LogP contribution >= 0.6 is 0 Å². The molecule has 486 valence electrons. The van der Waals surface area contributed by atoms with Crippen LogP contribution < -0.4 is 14.5 Å². The number of nitrogens with zero attached hydrogens (tertiary/aromatic N) is 7. The summed E-state index contributed by atoms with van der Waals surface area (Å²) in [6.07, 6.45) is 24.1. The maximum Gasteiger partial charge on any atom is 0.318 e. The van der Waals surface area contributed by atoms with Crippen LogP contribution in [0.5, 0.6) is 11.8 Å². The second-order valence-electron chi connectivity index (χ2n) is 25.1. The first-order valence-electron chi connectivity index (χ1n) is 32.8. The van der Waals surface area contributed by atoms with Crippen molar-refractivity contribution in [2.24, 2.45) is 23.7 Å². The van der Waals surface area contributed by atoms with Crippen molar-refractivity contribution >= 4 is 56.6 Å². The number of phenols is 1. The molecule has 15 nitrogen and oxygen atoms in total. The lowest BCUT2D eigenvalue weighted by Gasteiger charge is -2.35. The van der Waals surface area contributed by atoms with Gasteiger partial charge in [0.15, 0.2) is 5.82 Å². The number of benzene rings is 3. The Morgan fingerprint density at radius 2 is 1.60 bits per heavy atom. The number of esters is 1. The third-order valence-corrected chi connectivity index (χ3v) is 18.6. The Hall–Kier alpha value is -6.61. The van der Waals surface area contributed by atoms with Crippen molar-refractivity contribution in [2.75, 3.05) is 83.0 Å². The number of likely N-dealkylation sites (tertiary alicyclic amines) is 1. The highest BCUT2D eigenvalue weighted by Crippen LogP contribution is 2.40. The zero-order valence-corrected chi connectivity index (χ0v) is 55.4. The minimum atomic E-state index is -0.762. The van der Waals surface area contributed by atoms with Crippen LogP contribution in [0.3, 0.4) is 0 Å². The molecule has 2 aromatic heterocycles. The van der Waals surface area contributed by atoms with Gasteiger partial charge in [0, 0.05) is 93.2 Å². The number of ketones is 2. The number of Topliss-reactive ketones (excluding diaryl/α,β-unsaturated/α-hetero) is 2. The molecule has 17 heteroatoms. The topological polar surface area (TPSA) is 168 Å². The van der Waals surface area contributed by atoms with E-state index in [1.807, 2.05) is 44.5 Å². The normalized spacial score (nSPS) is 18.2. The lowest BCUT2D eigenvalue weighted by molar-refractivity contribution is -0.142. The number of aromatic nitrogens is 3. The van der Waals surface area contributed by atoms with Crippen molar-refractivity contribution < 1.29 is 47.3 Å². The van der Waals surface area contributed by atoms with Crippen LogP contribution in [0.1, 0.15) is 181 Å². The summed E-state index contributed by atoms with van der Waals surface area (Å²) < 4.78 is 46.1. The van der Waals surface area contributed by atoms with E-state index in [0.29, 0.717) is 86.5 Å². The van der Waals surface area contributed by atoms with Crippen molar-refractivity contribution in [3.8, 4) is 35.4 Å². The summed E-state index contributed by atoms with van der Waals surface area (Å²) in [5.74, 6) is 4.31. The Bertz CT molecular complexity index is 3190. The van der Waals surface area contributed by atoms with Crippen LogP contribution in [0.25, 0.3) is 32.9 Å². The largest absolute Gasteiger partial charge is 0.508 e. The van der Waals surface area contributed by atoms with Crippen molar-refractivity contribution in [1.82, 2.24) is 24.8 Å². The van der Waals surface area contributed by atoms with Gasteiger partial charge in [-0.2, -0.15) is 9.97 Å². The van der Waals surface area contributed by atoms with Gasteiger partial charge in [-0.05, 0) is 156 Å². The number of morpholine rings is 1. The zero-order valence-electron chi connectivity index (χ0n) is 55.4. The number of hydrogen-bond acceptors (Lipinski definition) is 14. The molecule has 6 unspecified atom stereocenters. The van der Waals surface area contributed by atoms with Crippen LogP contribution in [0.4, 0.5) is 20.3 Å². The molecule has 9 rings (SSSR count). The molecule has 0 aliphatic carbocycles. The molecule has 6 heterocycles. The molecule has 89 heavy (non-hydrogen) atoms. The molecule has 6 atom stereocenters. The number of carbonyl (C=O) groups is 4. The van der Waals surface area contributed by atoms with Crippen LogP contribution in [-0.2, 0) is 28.7 Å². The van der Waals surface area contributed by atoms with Crippen molar-refractivity contribution in [3.05, 3.63) is 77.0 Å². The lowest BCUT2D eigenvalue weighted by Crippen LogP contribution is -2.37. The second kappa shape index (κ2) is 35.1. The molecule has 3 aromatic carbocycles. The van der Waals surface area contributed by atoms with Gasteiger partial charge in [0.2, 0.25) is 5.91 Å². The molecule has 0 spiro atoms. The number of piperidine rings is 1. The second-order valence-corrected chi connectivity index (χ2v) is 25.1. The number of ether oxygens (including phenoxy) is 3. The summed E-state index contributed by atoms with van der Waals surface area (Å²) in [6.45, 7) is 27.7. The Labute approximate surface area is 529 Å². The van der Waals surface area contributed by atoms with Gasteiger partial charge in [0.1, 0.15) is 46.8 Å². The van der Waals surface area contributed by atoms with Gasteiger partial charge in [-0.15, -0.1) is 6.42 Å². The van der Waals surface area contributed by atoms with Crippen molar-refractivity contribution in [2.45, 2.75) is 184 Å². The number of halogens is 2. The first-order valence-corrected chi connectivity index (χ1v) is 32.8. The molecule has 1 amide bonds. The number of pyridine rings is 1. The number of aryl methyl sites for hydroxylation is 1. The number of terminal acetylenes is 1. The minimum absolute atomic E-state index is 0.00355.